The lowest BCUT2D eigenvalue weighted by atomic mass is 9.81. The molecule has 0 aliphatic carbocycles. The van der Waals surface area contributed by atoms with E-state index in [1.54, 1.807) is 25.8 Å². The summed E-state index contributed by atoms with van der Waals surface area (Å²) < 4.78 is 50.7. The maximum atomic E-state index is 13.5. The predicted molar refractivity (Wildman–Crippen MR) is 118 cm³/mol. The Morgan fingerprint density at radius 1 is 1.27 bits per heavy atom. The Bertz CT molecular complexity index is 1050. The maximum Gasteiger partial charge on any atom is 0.416 e. The molecule has 3 rings (SSSR count). The first kappa shape index (κ1) is 24.7. The number of carbonyl (C=O) groups excluding carboxylic acids is 2. The average molecular weight is 484 g/mol. The molecule has 0 amide bonds. The SMILES string of the molecule is CCOC(=O)C1=C(C)N(C)C(SC2=NCCN2)=C(C(=O)OC)C1c1cccc(C(F)(F)F)c1. The van der Waals surface area contributed by atoms with Crippen LogP contribution in [0.4, 0.5) is 13.2 Å². The second kappa shape index (κ2) is 9.90. The number of nitrogens with one attached hydrogen (secondary N) is 1. The Balaban J connectivity index is 2.28. The number of hydrogen-bond donors (Lipinski definition) is 1. The van der Waals surface area contributed by atoms with Crippen molar-refractivity contribution in [3.63, 3.8) is 0 Å². The van der Waals surface area contributed by atoms with Crippen molar-refractivity contribution in [2.24, 2.45) is 4.99 Å². The lowest BCUT2D eigenvalue weighted by molar-refractivity contribution is -0.139. The molecule has 11 heteroatoms. The van der Waals surface area contributed by atoms with Crippen LogP contribution in [0.15, 0.2) is 51.1 Å². The standard InChI is InChI=1S/C22H24F3N3O4S/c1-5-32-20(30)15-12(2)28(3)18(33-21-26-9-10-27-21)17(19(29)31-4)16(15)13-7-6-8-14(11-13)22(23,24)25/h6-8,11,16H,5,9-10H2,1-4H3,(H,26,27). The second-order valence-corrected chi connectivity index (χ2v) is 8.24. The third-order valence-electron chi connectivity index (χ3n) is 5.29. The Morgan fingerprint density at radius 2 is 2.00 bits per heavy atom. The Morgan fingerprint density at radius 3 is 2.58 bits per heavy atom. The van der Waals surface area contributed by atoms with Gasteiger partial charge in [0.15, 0.2) is 5.17 Å². The minimum absolute atomic E-state index is 0.0365. The highest BCUT2D eigenvalue weighted by Crippen LogP contribution is 2.46. The molecule has 0 aromatic heterocycles. The number of allylic oxidation sites excluding steroid dienone is 1. The van der Waals surface area contributed by atoms with Crippen LogP contribution >= 0.6 is 11.8 Å². The van der Waals surface area contributed by atoms with Gasteiger partial charge in [-0.25, -0.2) is 9.59 Å². The monoisotopic (exact) mass is 483 g/mol. The van der Waals surface area contributed by atoms with Crippen molar-refractivity contribution in [1.29, 1.82) is 0 Å². The van der Waals surface area contributed by atoms with E-state index in [-0.39, 0.29) is 23.3 Å². The molecule has 2 aliphatic heterocycles. The molecule has 0 bridgehead atoms. The quantitative estimate of drug-likeness (QED) is 0.641. The van der Waals surface area contributed by atoms with Crippen LogP contribution in [0, 0.1) is 0 Å². The zero-order chi connectivity index (χ0) is 24.3. The minimum atomic E-state index is -4.60. The number of methoxy groups -OCH3 is 1. The van der Waals surface area contributed by atoms with Crippen LogP contribution in [-0.2, 0) is 25.2 Å². The summed E-state index contributed by atoms with van der Waals surface area (Å²) in [6.45, 7) is 4.54. The molecule has 1 aromatic rings. The first-order valence-corrected chi connectivity index (χ1v) is 11.0. The number of nitrogens with zero attached hydrogens (tertiary/aromatic N) is 2. The molecule has 0 saturated carbocycles. The van der Waals surface area contributed by atoms with Crippen molar-refractivity contribution in [3.05, 3.63) is 57.3 Å². The zero-order valence-electron chi connectivity index (χ0n) is 18.6. The summed E-state index contributed by atoms with van der Waals surface area (Å²) in [5.74, 6) is -2.61. The van der Waals surface area contributed by atoms with Crippen molar-refractivity contribution in [2.75, 3.05) is 33.9 Å². The molecule has 1 unspecified atom stereocenters. The van der Waals surface area contributed by atoms with Gasteiger partial charge in [0.25, 0.3) is 0 Å². The largest absolute Gasteiger partial charge is 0.466 e. The van der Waals surface area contributed by atoms with Crippen LogP contribution in [-0.4, -0.2) is 55.9 Å². The van der Waals surface area contributed by atoms with Gasteiger partial charge in [-0.3, -0.25) is 4.99 Å². The summed E-state index contributed by atoms with van der Waals surface area (Å²) in [6, 6.07) is 4.58. The van der Waals surface area contributed by atoms with Crippen molar-refractivity contribution in [2.45, 2.75) is 25.9 Å². The molecule has 0 radical (unpaired) electrons. The highest BCUT2D eigenvalue weighted by Gasteiger charge is 2.42. The van der Waals surface area contributed by atoms with Gasteiger partial charge in [-0.2, -0.15) is 13.2 Å². The van der Waals surface area contributed by atoms with Gasteiger partial charge in [-0.05, 0) is 37.2 Å². The fourth-order valence-electron chi connectivity index (χ4n) is 3.67. The van der Waals surface area contributed by atoms with Crippen LogP contribution in [0.1, 0.15) is 30.9 Å². The lowest BCUT2D eigenvalue weighted by Gasteiger charge is -2.36. The third-order valence-corrected chi connectivity index (χ3v) is 6.44. The Labute approximate surface area is 193 Å². The third kappa shape index (κ3) is 5.02. The number of esters is 2. The van der Waals surface area contributed by atoms with E-state index >= 15 is 0 Å². The highest BCUT2D eigenvalue weighted by molar-refractivity contribution is 8.17. The van der Waals surface area contributed by atoms with Gasteiger partial charge >= 0.3 is 18.1 Å². The maximum absolute atomic E-state index is 13.5. The minimum Gasteiger partial charge on any atom is -0.466 e. The average Bonchev–Trinajstić information content (AvgIpc) is 3.29. The molecule has 0 spiro atoms. The van der Waals surface area contributed by atoms with Gasteiger partial charge in [-0.15, -0.1) is 0 Å². The van der Waals surface area contributed by atoms with Gasteiger partial charge < -0.3 is 19.7 Å². The van der Waals surface area contributed by atoms with E-state index in [0.29, 0.717) is 29.0 Å². The smallest absolute Gasteiger partial charge is 0.416 e. The van der Waals surface area contributed by atoms with Crippen LogP contribution < -0.4 is 5.32 Å². The summed E-state index contributed by atoms with van der Waals surface area (Å²) in [5.41, 5.74) is -0.205. The molecule has 2 aliphatic rings. The van der Waals surface area contributed by atoms with E-state index in [0.717, 1.165) is 23.9 Å². The number of rotatable bonds is 5. The van der Waals surface area contributed by atoms with Crippen molar-refractivity contribution in [3.8, 4) is 0 Å². The zero-order valence-corrected chi connectivity index (χ0v) is 19.4. The van der Waals surface area contributed by atoms with Gasteiger partial charge in [0.1, 0.15) is 0 Å². The van der Waals surface area contributed by atoms with E-state index in [9.17, 15) is 22.8 Å². The van der Waals surface area contributed by atoms with E-state index in [1.807, 2.05) is 0 Å². The van der Waals surface area contributed by atoms with E-state index in [1.165, 1.54) is 19.2 Å². The summed E-state index contributed by atoms with van der Waals surface area (Å²) in [6.07, 6.45) is -4.60. The van der Waals surface area contributed by atoms with Crippen LogP contribution in [0.5, 0.6) is 0 Å². The van der Waals surface area contributed by atoms with Gasteiger partial charge in [-0.1, -0.05) is 18.2 Å². The molecule has 0 saturated heterocycles. The fraction of sp³-hybridized carbons (Fsp3) is 0.409. The molecule has 1 N–H and O–H groups in total. The van der Waals surface area contributed by atoms with Crippen LogP contribution in [0.25, 0.3) is 0 Å². The molecule has 0 fully saturated rings. The number of ether oxygens (including phenoxy) is 2. The summed E-state index contributed by atoms with van der Waals surface area (Å²) in [4.78, 5) is 32.0. The summed E-state index contributed by atoms with van der Waals surface area (Å²) in [7, 11) is 2.85. The van der Waals surface area contributed by atoms with Crippen molar-refractivity contribution >= 4 is 28.9 Å². The molecule has 33 heavy (non-hydrogen) atoms. The summed E-state index contributed by atoms with van der Waals surface area (Å²) >= 11 is 1.16. The first-order valence-electron chi connectivity index (χ1n) is 10.2. The molecular weight excluding hydrogens is 459 g/mol. The van der Waals surface area contributed by atoms with E-state index < -0.39 is 29.6 Å². The number of carbonyl (C=O) groups is 2. The normalized spacial score (nSPS) is 18.8. The molecule has 178 valence electrons. The lowest BCUT2D eigenvalue weighted by Crippen LogP contribution is -2.34. The second-order valence-electron chi connectivity index (χ2n) is 7.26. The molecule has 7 nitrogen and oxygen atoms in total. The number of halogens is 3. The van der Waals surface area contributed by atoms with E-state index in [2.05, 4.69) is 10.3 Å². The highest BCUT2D eigenvalue weighted by atomic mass is 32.2. The van der Waals surface area contributed by atoms with Crippen LogP contribution in [0.3, 0.4) is 0 Å². The van der Waals surface area contributed by atoms with E-state index in [4.69, 9.17) is 9.47 Å². The number of hydrogen-bond acceptors (Lipinski definition) is 8. The first-order chi connectivity index (χ1) is 15.6. The molecule has 2 heterocycles. The molecule has 1 atom stereocenters. The van der Waals surface area contributed by atoms with Crippen LogP contribution in [0.2, 0.25) is 0 Å². The summed E-state index contributed by atoms with van der Waals surface area (Å²) in [5, 5.41) is 4.07. The number of benzene rings is 1. The number of aliphatic imine (C=N–C) groups is 1. The topological polar surface area (TPSA) is 80.2 Å². The predicted octanol–water partition coefficient (Wildman–Crippen LogP) is 3.65. The molecular formula is C22H24F3N3O4S. The van der Waals surface area contributed by atoms with Gasteiger partial charge in [0, 0.05) is 19.3 Å². The van der Waals surface area contributed by atoms with Gasteiger partial charge in [0.05, 0.1) is 47.9 Å². The molecule has 1 aromatic carbocycles. The Kier molecular flexibility index (Phi) is 7.41. The number of thioether (sulfide) groups is 1. The van der Waals surface area contributed by atoms with Crippen molar-refractivity contribution < 1.29 is 32.2 Å². The van der Waals surface area contributed by atoms with Crippen molar-refractivity contribution in [1.82, 2.24) is 10.2 Å². The number of alkyl halides is 3. The number of amidine groups is 1. The Hall–Kier alpha value is -2.95. The fourth-order valence-corrected chi connectivity index (χ4v) is 4.77. The van der Waals surface area contributed by atoms with Gasteiger partial charge in [0.2, 0.25) is 0 Å².